The monoisotopic (exact) mass is 294 g/mol. The van der Waals surface area contributed by atoms with Crippen LogP contribution in [-0.4, -0.2) is 25.2 Å². The van der Waals surface area contributed by atoms with E-state index < -0.39 is 6.04 Å². The first-order valence-electron chi connectivity index (χ1n) is 7.25. The minimum Gasteiger partial charge on any atom is -0.490 e. The lowest BCUT2D eigenvalue weighted by Crippen LogP contribution is -2.45. The number of rotatable bonds is 6. The standard InChI is InChI=1S/C16H26N2O3/c1-6-20-12-9-8-11(10-13(12)21-7-2)18-15(19)14(17)16(3,4)5/h8-10,14H,6-7,17H2,1-5H3,(H,18,19)/t14-/m1/s1. The van der Waals surface area contributed by atoms with Crippen molar-refractivity contribution in [3.63, 3.8) is 0 Å². The Balaban J connectivity index is 2.89. The van der Waals surface area contributed by atoms with Crippen LogP contribution in [0.5, 0.6) is 11.5 Å². The van der Waals surface area contributed by atoms with Crippen molar-refractivity contribution in [2.24, 2.45) is 11.1 Å². The van der Waals surface area contributed by atoms with Crippen molar-refractivity contribution in [3.8, 4) is 11.5 Å². The highest BCUT2D eigenvalue weighted by Gasteiger charge is 2.27. The molecule has 3 N–H and O–H groups in total. The predicted octanol–water partition coefficient (Wildman–Crippen LogP) is 2.80. The Morgan fingerprint density at radius 3 is 2.29 bits per heavy atom. The maximum absolute atomic E-state index is 12.1. The van der Waals surface area contributed by atoms with E-state index in [9.17, 15) is 4.79 Å². The van der Waals surface area contributed by atoms with Gasteiger partial charge in [0.05, 0.1) is 19.3 Å². The lowest BCUT2D eigenvalue weighted by molar-refractivity contribution is -0.119. The second-order valence-electron chi connectivity index (χ2n) is 5.86. The molecule has 1 aromatic rings. The number of amides is 1. The largest absolute Gasteiger partial charge is 0.490 e. The van der Waals surface area contributed by atoms with E-state index in [1.54, 1.807) is 18.2 Å². The van der Waals surface area contributed by atoms with E-state index in [0.29, 0.717) is 30.4 Å². The molecule has 0 fully saturated rings. The molecule has 0 saturated heterocycles. The molecule has 5 heteroatoms. The van der Waals surface area contributed by atoms with E-state index in [1.165, 1.54) is 0 Å². The van der Waals surface area contributed by atoms with E-state index in [-0.39, 0.29) is 11.3 Å². The van der Waals surface area contributed by atoms with Gasteiger partial charge in [-0.05, 0) is 31.4 Å². The maximum atomic E-state index is 12.1. The number of benzene rings is 1. The summed E-state index contributed by atoms with van der Waals surface area (Å²) in [6, 6.07) is 4.73. The fourth-order valence-electron chi connectivity index (χ4n) is 1.74. The maximum Gasteiger partial charge on any atom is 0.241 e. The third-order valence-corrected chi connectivity index (χ3v) is 3.03. The Labute approximate surface area is 126 Å². The van der Waals surface area contributed by atoms with Crippen LogP contribution in [0.1, 0.15) is 34.6 Å². The summed E-state index contributed by atoms with van der Waals surface area (Å²) in [5.74, 6) is 1.06. The molecule has 0 bridgehead atoms. The summed E-state index contributed by atoms with van der Waals surface area (Å²) in [4.78, 5) is 12.1. The Bertz CT molecular complexity index is 481. The zero-order valence-electron chi connectivity index (χ0n) is 13.5. The van der Waals surface area contributed by atoms with Gasteiger partial charge in [0, 0.05) is 11.8 Å². The number of carbonyl (C=O) groups is 1. The van der Waals surface area contributed by atoms with Crippen molar-refractivity contribution in [2.75, 3.05) is 18.5 Å². The van der Waals surface area contributed by atoms with E-state index in [4.69, 9.17) is 15.2 Å². The Kier molecular flexibility index (Phi) is 6.03. The van der Waals surface area contributed by atoms with E-state index >= 15 is 0 Å². The van der Waals surface area contributed by atoms with Crippen molar-refractivity contribution >= 4 is 11.6 Å². The molecule has 0 unspecified atom stereocenters. The van der Waals surface area contributed by atoms with Gasteiger partial charge in [-0.15, -0.1) is 0 Å². The van der Waals surface area contributed by atoms with Crippen LogP contribution in [0.4, 0.5) is 5.69 Å². The first kappa shape index (κ1) is 17.3. The van der Waals surface area contributed by atoms with Crippen LogP contribution in [0.15, 0.2) is 18.2 Å². The quantitative estimate of drug-likeness (QED) is 0.846. The summed E-state index contributed by atoms with van der Waals surface area (Å²) >= 11 is 0. The number of ether oxygens (including phenoxy) is 2. The first-order chi connectivity index (χ1) is 9.79. The smallest absolute Gasteiger partial charge is 0.241 e. The lowest BCUT2D eigenvalue weighted by Gasteiger charge is -2.26. The van der Waals surface area contributed by atoms with Crippen molar-refractivity contribution in [2.45, 2.75) is 40.7 Å². The normalized spacial score (nSPS) is 12.7. The van der Waals surface area contributed by atoms with Crippen LogP contribution in [0, 0.1) is 5.41 Å². The lowest BCUT2D eigenvalue weighted by atomic mass is 9.87. The summed E-state index contributed by atoms with van der Waals surface area (Å²) in [7, 11) is 0. The van der Waals surface area contributed by atoms with E-state index in [1.807, 2.05) is 34.6 Å². The molecule has 0 aliphatic heterocycles. The van der Waals surface area contributed by atoms with E-state index in [0.717, 1.165) is 0 Å². The molecule has 0 aliphatic carbocycles. The second kappa shape index (κ2) is 7.31. The molecule has 0 saturated carbocycles. The van der Waals surface area contributed by atoms with Gasteiger partial charge in [-0.1, -0.05) is 20.8 Å². The summed E-state index contributed by atoms with van der Waals surface area (Å²) in [5, 5.41) is 2.82. The van der Waals surface area contributed by atoms with Gasteiger partial charge >= 0.3 is 0 Å². The molecule has 21 heavy (non-hydrogen) atoms. The molecule has 1 atom stereocenters. The van der Waals surface area contributed by atoms with Crippen LogP contribution in [0.2, 0.25) is 0 Å². The number of hydrogen-bond donors (Lipinski definition) is 2. The minimum absolute atomic E-state index is 0.214. The van der Waals surface area contributed by atoms with Gasteiger partial charge < -0.3 is 20.5 Å². The van der Waals surface area contributed by atoms with Gasteiger partial charge in [0.25, 0.3) is 0 Å². The summed E-state index contributed by atoms with van der Waals surface area (Å²) in [6.07, 6.45) is 0. The molecule has 5 nitrogen and oxygen atoms in total. The zero-order valence-corrected chi connectivity index (χ0v) is 13.5. The Morgan fingerprint density at radius 1 is 1.19 bits per heavy atom. The molecule has 0 spiro atoms. The van der Waals surface area contributed by atoms with Gasteiger partial charge in [0.2, 0.25) is 5.91 Å². The predicted molar refractivity (Wildman–Crippen MR) is 84.8 cm³/mol. The number of nitrogens with two attached hydrogens (primary N) is 1. The number of carbonyl (C=O) groups excluding carboxylic acids is 1. The van der Waals surface area contributed by atoms with Crippen LogP contribution < -0.4 is 20.5 Å². The van der Waals surface area contributed by atoms with Crippen molar-refractivity contribution in [3.05, 3.63) is 18.2 Å². The van der Waals surface area contributed by atoms with Crippen molar-refractivity contribution in [1.82, 2.24) is 0 Å². The summed E-state index contributed by atoms with van der Waals surface area (Å²) in [6.45, 7) is 10.7. The molecule has 1 rings (SSSR count). The first-order valence-corrected chi connectivity index (χ1v) is 7.25. The second-order valence-corrected chi connectivity index (χ2v) is 5.86. The van der Waals surface area contributed by atoms with Crippen LogP contribution in [-0.2, 0) is 4.79 Å². The molecular formula is C16H26N2O3. The minimum atomic E-state index is -0.584. The molecule has 118 valence electrons. The fraction of sp³-hybridized carbons (Fsp3) is 0.562. The SMILES string of the molecule is CCOc1ccc(NC(=O)[C@@H](N)C(C)(C)C)cc1OCC. The highest BCUT2D eigenvalue weighted by Crippen LogP contribution is 2.31. The Hall–Kier alpha value is -1.75. The third kappa shape index (κ3) is 4.93. The van der Waals surface area contributed by atoms with Gasteiger partial charge in [-0.2, -0.15) is 0 Å². The average Bonchev–Trinajstić information content (AvgIpc) is 2.40. The number of nitrogens with one attached hydrogen (secondary N) is 1. The molecular weight excluding hydrogens is 268 g/mol. The molecule has 0 heterocycles. The summed E-state index contributed by atoms with van der Waals surface area (Å²) < 4.78 is 11.0. The summed E-state index contributed by atoms with van der Waals surface area (Å²) in [5.41, 5.74) is 6.30. The van der Waals surface area contributed by atoms with Crippen LogP contribution >= 0.6 is 0 Å². The molecule has 0 aromatic heterocycles. The topological polar surface area (TPSA) is 73.6 Å². The molecule has 1 amide bonds. The fourth-order valence-corrected chi connectivity index (χ4v) is 1.74. The Morgan fingerprint density at radius 2 is 1.76 bits per heavy atom. The zero-order chi connectivity index (χ0) is 16.0. The van der Waals surface area contributed by atoms with Crippen LogP contribution in [0.3, 0.4) is 0 Å². The number of anilines is 1. The van der Waals surface area contributed by atoms with Gasteiger partial charge in [0.1, 0.15) is 0 Å². The van der Waals surface area contributed by atoms with Gasteiger partial charge in [-0.25, -0.2) is 0 Å². The van der Waals surface area contributed by atoms with E-state index in [2.05, 4.69) is 5.32 Å². The highest BCUT2D eigenvalue weighted by atomic mass is 16.5. The van der Waals surface area contributed by atoms with Gasteiger partial charge in [-0.3, -0.25) is 4.79 Å². The van der Waals surface area contributed by atoms with Crippen LogP contribution in [0.25, 0.3) is 0 Å². The third-order valence-electron chi connectivity index (χ3n) is 3.03. The number of hydrogen-bond acceptors (Lipinski definition) is 4. The van der Waals surface area contributed by atoms with Gasteiger partial charge in [0.15, 0.2) is 11.5 Å². The highest BCUT2D eigenvalue weighted by molar-refractivity contribution is 5.95. The molecule has 0 aliphatic rings. The van der Waals surface area contributed by atoms with Crippen molar-refractivity contribution < 1.29 is 14.3 Å². The van der Waals surface area contributed by atoms with Crippen molar-refractivity contribution in [1.29, 1.82) is 0 Å². The molecule has 1 aromatic carbocycles. The average molecular weight is 294 g/mol. The molecule has 0 radical (unpaired) electrons.